The third kappa shape index (κ3) is 3.34. The summed E-state index contributed by atoms with van der Waals surface area (Å²) in [6, 6.07) is 12.7. The van der Waals surface area contributed by atoms with Gasteiger partial charge in [0.05, 0.1) is 0 Å². The van der Waals surface area contributed by atoms with Crippen LogP contribution in [-0.2, 0) is 0 Å². The number of nitrogens with zero attached hydrogens (tertiary/aromatic N) is 3. The molecule has 0 aliphatic heterocycles. The van der Waals surface area contributed by atoms with Crippen molar-refractivity contribution in [3.63, 3.8) is 0 Å². The summed E-state index contributed by atoms with van der Waals surface area (Å²) < 4.78 is 0. The molecular formula is C15H13ClN4O. The lowest BCUT2D eigenvalue weighted by atomic mass is 9.92. The minimum absolute atomic E-state index is 0.105. The molecule has 1 amide bonds. The van der Waals surface area contributed by atoms with Crippen molar-refractivity contribution in [1.82, 2.24) is 0 Å². The molecule has 5 nitrogen and oxygen atoms in total. The number of rotatable bonds is 3. The van der Waals surface area contributed by atoms with Crippen LogP contribution in [0.4, 0.5) is 5.69 Å². The Labute approximate surface area is 127 Å². The van der Waals surface area contributed by atoms with E-state index in [-0.39, 0.29) is 11.5 Å². The van der Waals surface area contributed by atoms with E-state index < -0.39 is 5.91 Å². The van der Waals surface area contributed by atoms with Crippen molar-refractivity contribution in [3.05, 3.63) is 74.6 Å². The van der Waals surface area contributed by atoms with E-state index in [9.17, 15) is 4.79 Å². The number of hydrogen-bond donors (Lipinski definition) is 1. The van der Waals surface area contributed by atoms with Crippen molar-refractivity contribution in [1.29, 1.82) is 0 Å². The molecular weight excluding hydrogens is 288 g/mol. The Kier molecular flexibility index (Phi) is 4.48. The standard InChI is InChI=1S/C15H13ClN4O/c1-9(10-2-5-12(16)6-3-10)11-4-7-13(14(17)8-11)15(21)19-20-18/h2-9H,17H2,1H3/t9-/m1/s1. The molecule has 21 heavy (non-hydrogen) atoms. The first-order valence-corrected chi connectivity index (χ1v) is 6.65. The molecule has 0 saturated heterocycles. The van der Waals surface area contributed by atoms with Gasteiger partial charge in [-0.2, -0.15) is 0 Å². The van der Waals surface area contributed by atoms with Crippen molar-refractivity contribution in [2.45, 2.75) is 12.8 Å². The third-order valence-corrected chi connectivity index (χ3v) is 3.56. The number of azide groups is 1. The second-order valence-corrected chi connectivity index (χ2v) is 5.05. The summed E-state index contributed by atoms with van der Waals surface area (Å²) in [7, 11) is 0. The van der Waals surface area contributed by atoms with Crippen LogP contribution in [-0.4, -0.2) is 5.91 Å². The molecule has 2 aromatic carbocycles. The Balaban J connectivity index is 2.33. The normalized spacial score (nSPS) is 11.5. The van der Waals surface area contributed by atoms with E-state index in [1.165, 1.54) is 0 Å². The van der Waals surface area contributed by atoms with Crippen LogP contribution in [0.5, 0.6) is 0 Å². The fourth-order valence-electron chi connectivity index (χ4n) is 2.08. The third-order valence-electron chi connectivity index (χ3n) is 3.31. The van der Waals surface area contributed by atoms with Crippen LogP contribution in [0, 0.1) is 0 Å². The first kappa shape index (κ1) is 14.9. The second-order valence-electron chi connectivity index (χ2n) is 4.61. The van der Waals surface area contributed by atoms with Crippen LogP contribution >= 0.6 is 11.6 Å². The molecule has 0 radical (unpaired) electrons. The highest BCUT2D eigenvalue weighted by Gasteiger charge is 2.13. The molecule has 1 atom stereocenters. The van der Waals surface area contributed by atoms with Crippen LogP contribution < -0.4 is 5.73 Å². The molecule has 0 unspecified atom stereocenters. The number of nitrogens with two attached hydrogens (primary N) is 1. The topological polar surface area (TPSA) is 91.8 Å². The Morgan fingerprint density at radius 2 is 1.86 bits per heavy atom. The van der Waals surface area contributed by atoms with Crippen molar-refractivity contribution in [3.8, 4) is 0 Å². The molecule has 0 aliphatic rings. The van der Waals surface area contributed by atoms with Gasteiger partial charge in [-0.25, -0.2) is 0 Å². The number of nitrogen functional groups attached to an aromatic ring is 1. The fourth-order valence-corrected chi connectivity index (χ4v) is 2.21. The molecule has 0 spiro atoms. The van der Waals surface area contributed by atoms with Gasteiger partial charge in [0, 0.05) is 27.1 Å². The summed E-state index contributed by atoms with van der Waals surface area (Å²) >= 11 is 5.88. The van der Waals surface area contributed by atoms with E-state index in [1.54, 1.807) is 18.2 Å². The van der Waals surface area contributed by atoms with Crippen molar-refractivity contribution >= 4 is 23.2 Å². The van der Waals surface area contributed by atoms with E-state index in [1.807, 2.05) is 31.2 Å². The largest absolute Gasteiger partial charge is 0.398 e. The Morgan fingerprint density at radius 3 is 2.43 bits per heavy atom. The lowest BCUT2D eigenvalue weighted by molar-refractivity contribution is 0.100. The van der Waals surface area contributed by atoms with Crippen LogP contribution in [0.15, 0.2) is 47.6 Å². The van der Waals surface area contributed by atoms with E-state index in [0.29, 0.717) is 10.7 Å². The number of halogens is 1. The molecule has 106 valence electrons. The van der Waals surface area contributed by atoms with Gasteiger partial charge in [-0.3, -0.25) is 4.79 Å². The second kappa shape index (κ2) is 6.31. The summed E-state index contributed by atoms with van der Waals surface area (Å²) in [5, 5.41) is 3.73. The summed E-state index contributed by atoms with van der Waals surface area (Å²) in [5.41, 5.74) is 16.7. The summed E-state index contributed by atoms with van der Waals surface area (Å²) in [4.78, 5) is 14.0. The van der Waals surface area contributed by atoms with Crippen LogP contribution in [0.2, 0.25) is 5.02 Å². The van der Waals surface area contributed by atoms with Crippen LogP contribution in [0.25, 0.3) is 10.4 Å². The highest BCUT2D eigenvalue weighted by molar-refractivity contribution is 6.30. The average molecular weight is 301 g/mol. The van der Waals surface area contributed by atoms with E-state index in [2.05, 4.69) is 10.0 Å². The highest BCUT2D eigenvalue weighted by atomic mass is 35.5. The lowest BCUT2D eigenvalue weighted by Crippen LogP contribution is -2.03. The quantitative estimate of drug-likeness (QED) is 0.390. The monoisotopic (exact) mass is 300 g/mol. The predicted molar refractivity (Wildman–Crippen MR) is 83.3 cm³/mol. The van der Waals surface area contributed by atoms with E-state index in [4.69, 9.17) is 22.9 Å². The Morgan fingerprint density at radius 1 is 1.24 bits per heavy atom. The van der Waals surface area contributed by atoms with Crippen molar-refractivity contribution < 1.29 is 4.79 Å². The average Bonchev–Trinajstić information content (AvgIpc) is 2.47. The minimum atomic E-state index is -0.680. The molecule has 0 saturated carbocycles. The highest BCUT2D eigenvalue weighted by Crippen LogP contribution is 2.28. The van der Waals surface area contributed by atoms with Crippen LogP contribution in [0.1, 0.15) is 34.3 Å². The fraction of sp³-hybridized carbons (Fsp3) is 0.133. The number of hydrogen-bond acceptors (Lipinski definition) is 2. The van der Waals surface area contributed by atoms with Gasteiger partial charge in [0.25, 0.3) is 5.91 Å². The summed E-state index contributed by atoms with van der Waals surface area (Å²) in [5.74, 6) is -0.575. The predicted octanol–water partition coefficient (Wildman–Crippen LogP) is 4.52. The van der Waals surface area contributed by atoms with Gasteiger partial charge in [0.15, 0.2) is 0 Å². The Hall–Kier alpha value is -2.49. The number of carbonyl (C=O) groups excluding carboxylic acids is 1. The molecule has 0 bridgehead atoms. The summed E-state index contributed by atoms with van der Waals surface area (Å²) in [6.07, 6.45) is 0. The van der Waals surface area contributed by atoms with Crippen molar-refractivity contribution in [2.75, 3.05) is 5.73 Å². The molecule has 6 heteroatoms. The van der Waals surface area contributed by atoms with Gasteiger partial charge in [-0.15, -0.1) is 0 Å². The first-order valence-electron chi connectivity index (χ1n) is 6.27. The zero-order chi connectivity index (χ0) is 15.4. The molecule has 2 aromatic rings. The van der Waals surface area contributed by atoms with E-state index >= 15 is 0 Å². The van der Waals surface area contributed by atoms with Gasteiger partial charge < -0.3 is 5.73 Å². The first-order chi connectivity index (χ1) is 10.0. The van der Waals surface area contributed by atoms with E-state index in [0.717, 1.165) is 11.1 Å². The van der Waals surface area contributed by atoms with Gasteiger partial charge in [-0.1, -0.05) is 36.7 Å². The summed E-state index contributed by atoms with van der Waals surface area (Å²) in [6.45, 7) is 2.03. The molecule has 0 heterocycles. The molecule has 2 N–H and O–H groups in total. The van der Waals surface area contributed by atoms with Gasteiger partial charge >= 0.3 is 0 Å². The number of carbonyl (C=O) groups is 1. The lowest BCUT2D eigenvalue weighted by Gasteiger charge is -2.14. The molecule has 0 aliphatic carbocycles. The number of benzene rings is 2. The van der Waals surface area contributed by atoms with Gasteiger partial charge in [-0.05, 0) is 46.0 Å². The molecule has 2 rings (SSSR count). The van der Waals surface area contributed by atoms with Gasteiger partial charge in [0.1, 0.15) is 0 Å². The zero-order valence-corrected chi connectivity index (χ0v) is 12.1. The number of anilines is 1. The molecule has 0 aromatic heterocycles. The molecule has 0 fully saturated rings. The maximum atomic E-state index is 11.5. The van der Waals surface area contributed by atoms with Crippen LogP contribution in [0.3, 0.4) is 0 Å². The Bertz CT molecular complexity index is 721. The van der Waals surface area contributed by atoms with Gasteiger partial charge in [0.2, 0.25) is 0 Å². The minimum Gasteiger partial charge on any atom is -0.398 e. The number of amides is 1. The maximum absolute atomic E-state index is 11.5. The maximum Gasteiger partial charge on any atom is 0.251 e. The SMILES string of the molecule is C[C@H](c1ccc(Cl)cc1)c1ccc(C(=O)N=[N+]=[N-])c(N)c1. The smallest absolute Gasteiger partial charge is 0.251 e. The zero-order valence-electron chi connectivity index (χ0n) is 11.3. The van der Waals surface area contributed by atoms with Crippen molar-refractivity contribution in [2.24, 2.45) is 5.11 Å².